The molecule has 2 aliphatic carbocycles. The summed E-state index contributed by atoms with van der Waals surface area (Å²) in [6.07, 6.45) is 6.74. The Bertz CT molecular complexity index is 1280. The number of benzene rings is 1. The number of rotatable bonds is 7. The molecule has 1 aromatic heterocycles. The average molecular weight is 539 g/mol. The number of anilines is 4. The van der Waals surface area contributed by atoms with Crippen LogP contribution in [0, 0.1) is 17.8 Å². The molecule has 4 N–H and O–H groups in total. The molecule has 5 rings (SSSR count). The molecule has 2 heterocycles. The number of carbonyl (C=O) groups excluding carboxylic acids is 2. The number of hydrogen-bond donors (Lipinski definition) is 3. The van der Waals surface area contributed by atoms with Crippen molar-refractivity contribution in [2.75, 3.05) is 22.1 Å². The zero-order valence-corrected chi connectivity index (χ0v) is 23.0. The number of amides is 2. The molecule has 0 saturated heterocycles. The molecule has 4 atom stereocenters. The third-order valence-electron chi connectivity index (χ3n) is 7.77. The second-order valence-corrected chi connectivity index (χ2v) is 12.0. The number of halogens is 1. The molecule has 0 spiro atoms. The molecule has 2 bridgehead atoms. The normalized spacial score (nSPS) is 25.3. The Morgan fingerprint density at radius 3 is 2.79 bits per heavy atom. The van der Waals surface area contributed by atoms with Gasteiger partial charge in [-0.2, -0.15) is 4.98 Å². The molecule has 1 aliphatic heterocycles. The number of aromatic nitrogens is 2. The van der Waals surface area contributed by atoms with Crippen molar-refractivity contribution in [2.24, 2.45) is 23.5 Å². The summed E-state index contributed by atoms with van der Waals surface area (Å²) in [6.45, 7) is 9.26. The second kappa shape index (κ2) is 10.1. The summed E-state index contributed by atoms with van der Waals surface area (Å²) in [6, 6.07) is 5.90. The maximum absolute atomic E-state index is 13.1. The zero-order valence-electron chi connectivity index (χ0n) is 22.2. The largest absolute Gasteiger partial charge is 0.444 e. The number of nitrogens with one attached hydrogen (secondary N) is 2. The molecule has 202 valence electrons. The number of carbonyl (C=O) groups is 2. The minimum atomic E-state index is -0.796. The fourth-order valence-electron chi connectivity index (χ4n) is 5.87. The van der Waals surface area contributed by atoms with Crippen molar-refractivity contribution < 1.29 is 14.3 Å². The monoisotopic (exact) mass is 538 g/mol. The van der Waals surface area contributed by atoms with Crippen LogP contribution in [0.25, 0.3) is 0 Å². The minimum absolute atomic E-state index is 0.114. The van der Waals surface area contributed by atoms with Gasteiger partial charge in [-0.3, -0.25) is 4.79 Å². The van der Waals surface area contributed by atoms with Crippen molar-refractivity contribution in [2.45, 2.75) is 64.5 Å². The lowest BCUT2D eigenvalue weighted by molar-refractivity contribution is -0.118. The quantitative estimate of drug-likeness (QED) is 0.404. The van der Waals surface area contributed by atoms with Gasteiger partial charge < -0.3 is 26.0 Å². The second-order valence-electron chi connectivity index (χ2n) is 11.5. The van der Waals surface area contributed by atoms with Crippen molar-refractivity contribution in [1.29, 1.82) is 0 Å². The van der Waals surface area contributed by atoms with Crippen LogP contribution in [0.3, 0.4) is 0 Å². The summed E-state index contributed by atoms with van der Waals surface area (Å²) in [5.41, 5.74) is 8.04. The van der Waals surface area contributed by atoms with Crippen LogP contribution in [0.5, 0.6) is 0 Å². The Balaban J connectivity index is 1.41. The molecule has 1 saturated carbocycles. The first-order valence-corrected chi connectivity index (χ1v) is 13.5. The predicted molar refractivity (Wildman–Crippen MR) is 149 cm³/mol. The first-order valence-electron chi connectivity index (χ1n) is 13.2. The van der Waals surface area contributed by atoms with Crippen molar-refractivity contribution in [3.05, 3.63) is 47.1 Å². The predicted octanol–water partition coefficient (Wildman–Crippen LogP) is 5.38. The van der Waals surface area contributed by atoms with E-state index in [4.69, 9.17) is 22.1 Å². The molecule has 3 aliphatic rings. The zero-order chi connectivity index (χ0) is 27.2. The molecule has 2 amide bonds. The Morgan fingerprint density at radius 2 is 2.05 bits per heavy atom. The Hall–Kier alpha value is -3.33. The van der Waals surface area contributed by atoms with E-state index >= 15 is 0 Å². The van der Waals surface area contributed by atoms with Crippen LogP contribution in [0.2, 0.25) is 5.02 Å². The van der Waals surface area contributed by atoms with Gasteiger partial charge in [-0.15, -0.1) is 0 Å². The van der Waals surface area contributed by atoms with Crippen LogP contribution in [0.1, 0.15) is 52.5 Å². The van der Waals surface area contributed by atoms with Gasteiger partial charge >= 0.3 is 6.09 Å². The Morgan fingerprint density at radius 1 is 1.29 bits per heavy atom. The molecule has 2 aromatic rings. The first kappa shape index (κ1) is 26.3. The third-order valence-corrected chi connectivity index (χ3v) is 8.05. The van der Waals surface area contributed by atoms with Crippen LogP contribution in [0.4, 0.5) is 27.9 Å². The van der Waals surface area contributed by atoms with Gasteiger partial charge in [0.1, 0.15) is 11.1 Å². The van der Waals surface area contributed by atoms with Crippen LogP contribution in [0.15, 0.2) is 36.5 Å². The number of hydrogen-bond acceptors (Lipinski definition) is 7. The average Bonchev–Trinajstić information content (AvgIpc) is 3.43. The Labute approximate surface area is 228 Å². The summed E-state index contributed by atoms with van der Waals surface area (Å²) >= 11 is 6.45. The number of ether oxygens (including phenoxy) is 1. The number of primary amides is 1. The van der Waals surface area contributed by atoms with E-state index in [0.29, 0.717) is 35.7 Å². The summed E-state index contributed by atoms with van der Waals surface area (Å²) in [5.74, 6) is 1.58. The van der Waals surface area contributed by atoms with Gasteiger partial charge in [0.05, 0.1) is 12.2 Å². The standard InChI is InChI=1S/C28H35ClN6O3/c1-15(2)14-35-21-12-18(7-8-19(21)28(3,4)10-9-22(35)36)32-27-31-13-20(29)25(34-27)33-23-16-5-6-17(11-16)24(23)38-26(30)37/h5-8,12-13,15-17,23-24H,9-11,14H2,1-4H3,(H2,30,37)(H2,31,32,33,34)/t16-,17+,23+,24-/m0/s1. The van der Waals surface area contributed by atoms with Gasteiger partial charge in [0.15, 0.2) is 5.82 Å². The highest BCUT2D eigenvalue weighted by molar-refractivity contribution is 6.32. The van der Waals surface area contributed by atoms with E-state index < -0.39 is 6.09 Å². The fourth-order valence-corrected chi connectivity index (χ4v) is 6.02. The first-order chi connectivity index (χ1) is 18.0. The third kappa shape index (κ3) is 5.16. The molecule has 38 heavy (non-hydrogen) atoms. The summed E-state index contributed by atoms with van der Waals surface area (Å²) in [7, 11) is 0. The van der Waals surface area contributed by atoms with E-state index in [1.54, 1.807) is 0 Å². The highest BCUT2D eigenvalue weighted by Gasteiger charge is 2.47. The highest BCUT2D eigenvalue weighted by atomic mass is 35.5. The fraction of sp³-hybridized carbons (Fsp3) is 0.500. The maximum atomic E-state index is 13.1. The lowest BCUT2D eigenvalue weighted by atomic mass is 9.80. The van der Waals surface area contributed by atoms with Crippen LogP contribution in [-0.2, 0) is 14.9 Å². The van der Waals surface area contributed by atoms with E-state index in [-0.39, 0.29) is 35.3 Å². The molecule has 1 fully saturated rings. The lowest BCUT2D eigenvalue weighted by Crippen LogP contribution is -2.41. The molecule has 9 nitrogen and oxygen atoms in total. The van der Waals surface area contributed by atoms with Gasteiger partial charge in [0, 0.05) is 36.2 Å². The number of nitrogens with zero attached hydrogens (tertiary/aromatic N) is 3. The van der Waals surface area contributed by atoms with E-state index in [0.717, 1.165) is 29.8 Å². The van der Waals surface area contributed by atoms with Gasteiger partial charge in [0.25, 0.3) is 0 Å². The lowest BCUT2D eigenvalue weighted by Gasteiger charge is -2.29. The molecule has 1 aromatic carbocycles. The van der Waals surface area contributed by atoms with E-state index in [2.05, 4.69) is 66.5 Å². The summed E-state index contributed by atoms with van der Waals surface area (Å²) < 4.78 is 5.41. The van der Waals surface area contributed by atoms with E-state index in [9.17, 15) is 9.59 Å². The van der Waals surface area contributed by atoms with Gasteiger partial charge in [-0.05, 0) is 41.9 Å². The number of nitrogens with two attached hydrogens (primary N) is 1. The summed E-state index contributed by atoms with van der Waals surface area (Å²) in [4.78, 5) is 35.5. The molecule has 10 heteroatoms. The number of fused-ring (bicyclic) bond motifs is 3. The highest BCUT2D eigenvalue weighted by Crippen LogP contribution is 2.43. The van der Waals surface area contributed by atoms with Gasteiger partial charge in [-0.25, -0.2) is 9.78 Å². The summed E-state index contributed by atoms with van der Waals surface area (Å²) in [5, 5.41) is 7.01. The molecule has 0 unspecified atom stereocenters. The van der Waals surface area contributed by atoms with E-state index in [1.165, 1.54) is 6.20 Å². The van der Waals surface area contributed by atoms with Crippen molar-refractivity contribution >= 4 is 46.7 Å². The van der Waals surface area contributed by atoms with Crippen molar-refractivity contribution in [3.8, 4) is 0 Å². The van der Waals surface area contributed by atoms with E-state index in [1.807, 2.05) is 17.0 Å². The van der Waals surface area contributed by atoms with Crippen molar-refractivity contribution in [1.82, 2.24) is 9.97 Å². The topological polar surface area (TPSA) is 122 Å². The SMILES string of the molecule is CC(C)CN1C(=O)CCC(C)(C)c2ccc(Nc3ncc(Cl)c(N[C@H]4[C@@H](OC(N)=O)[C@@H]5C=C[C@H]4C5)n3)cc21. The van der Waals surface area contributed by atoms with Crippen LogP contribution >= 0.6 is 11.6 Å². The van der Waals surface area contributed by atoms with Crippen LogP contribution in [-0.4, -0.2) is 40.7 Å². The minimum Gasteiger partial charge on any atom is -0.444 e. The maximum Gasteiger partial charge on any atom is 0.404 e. The molecule has 0 radical (unpaired) electrons. The molecular weight excluding hydrogens is 504 g/mol. The van der Waals surface area contributed by atoms with Gasteiger partial charge in [0.2, 0.25) is 11.9 Å². The Kier molecular flexibility index (Phi) is 6.98. The van der Waals surface area contributed by atoms with Crippen molar-refractivity contribution in [3.63, 3.8) is 0 Å². The molecular formula is C28H35ClN6O3. The van der Waals surface area contributed by atoms with Gasteiger partial charge in [-0.1, -0.05) is 57.5 Å². The smallest absolute Gasteiger partial charge is 0.404 e. The van der Waals surface area contributed by atoms with Crippen LogP contribution < -0.4 is 21.3 Å².